The minimum atomic E-state index is -0.615. The summed E-state index contributed by atoms with van der Waals surface area (Å²) in [5, 5.41) is 11.9. The predicted molar refractivity (Wildman–Crippen MR) is 67.3 cm³/mol. The molecule has 5 nitrogen and oxygen atoms in total. The lowest BCUT2D eigenvalue weighted by atomic mass is 10.2. The molecule has 0 radical (unpaired) electrons. The van der Waals surface area contributed by atoms with Crippen LogP contribution >= 0.6 is 0 Å². The summed E-state index contributed by atoms with van der Waals surface area (Å²) in [4.78, 5) is 11.3. The van der Waals surface area contributed by atoms with Gasteiger partial charge in [-0.15, -0.1) is 0 Å². The van der Waals surface area contributed by atoms with Crippen molar-refractivity contribution in [2.24, 2.45) is 0 Å². The van der Waals surface area contributed by atoms with Crippen molar-refractivity contribution >= 4 is 11.7 Å². The fourth-order valence-corrected chi connectivity index (χ4v) is 1.43. The van der Waals surface area contributed by atoms with Crippen LogP contribution in [0.25, 0.3) is 0 Å². The van der Waals surface area contributed by atoms with Crippen LogP contribution in [0, 0.1) is 11.3 Å². The third-order valence-corrected chi connectivity index (χ3v) is 2.24. The van der Waals surface area contributed by atoms with E-state index in [-0.39, 0.29) is 12.4 Å². The molecule has 0 aliphatic rings. The Morgan fingerprint density at radius 2 is 2.33 bits per heavy atom. The molecular formula is C13H16N2O3. The van der Waals surface area contributed by atoms with Gasteiger partial charge in [-0.3, -0.25) is 4.79 Å². The first-order valence-electron chi connectivity index (χ1n) is 5.65. The number of carbonyl (C=O) groups excluding carboxylic acids is 1. The molecule has 0 amide bonds. The van der Waals surface area contributed by atoms with Crippen LogP contribution in [0.2, 0.25) is 0 Å². The number of rotatable bonds is 6. The average Bonchev–Trinajstić information content (AvgIpc) is 2.38. The van der Waals surface area contributed by atoms with E-state index in [2.05, 4.69) is 5.32 Å². The van der Waals surface area contributed by atoms with Crippen LogP contribution in [-0.2, 0) is 9.53 Å². The Hall–Kier alpha value is -2.22. The number of hydrogen-bond acceptors (Lipinski definition) is 5. The first-order valence-corrected chi connectivity index (χ1v) is 5.65. The maximum absolute atomic E-state index is 11.3. The van der Waals surface area contributed by atoms with E-state index in [1.807, 2.05) is 6.07 Å². The van der Waals surface area contributed by atoms with E-state index >= 15 is 0 Å². The SMILES string of the molecule is CCOC(=O)CC(C#N)Nc1cccc(OC)c1. The van der Waals surface area contributed by atoms with E-state index in [0.29, 0.717) is 12.4 Å². The van der Waals surface area contributed by atoms with E-state index in [0.717, 1.165) is 5.69 Å². The quantitative estimate of drug-likeness (QED) is 0.779. The number of esters is 1. The van der Waals surface area contributed by atoms with Gasteiger partial charge < -0.3 is 14.8 Å². The molecule has 0 bridgehead atoms. The molecule has 0 aliphatic carbocycles. The molecule has 18 heavy (non-hydrogen) atoms. The zero-order chi connectivity index (χ0) is 13.4. The normalized spacial score (nSPS) is 11.2. The molecule has 0 saturated carbocycles. The van der Waals surface area contributed by atoms with Crippen molar-refractivity contribution in [3.63, 3.8) is 0 Å². The second-order valence-electron chi connectivity index (χ2n) is 3.57. The van der Waals surface area contributed by atoms with Crippen molar-refractivity contribution in [3.05, 3.63) is 24.3 Å². The number of anilines is 1. The van der Waals surface area contributed by atoms with Crippen molar-refractivity contribution in [3.8, 4) is 11.8 Å². The highest BCUT2D eigenvalue weighted by Gasteiger charge is 2.13. The van der Waals surface area contributed by atoms with Gasteiger partial charge in [0.2, 0.25) is 0 Å². The molecule has 1 rings (SSSR count). The number of carbonyl (C=O) groups is 1. The van der Waals surface area contributed by atoms with Crippen LogP contribution in [0.1, 0.15) is 13.3 Å². The zero-order valence-corrected chi connectivity index (χ0v) is 10.5. The Balaban J connectivity index is 2.62. The Morgan fingerprint density at radius 3 is 2.94 bits per heavy atom. The number of nitriles is 1. The van der Waals surface area contributed by atoms with Gasteiger partial charge in [0.15, 0.2) is 0 Å². The third-order valence-electron chi connectivity index (χ3n) is 2.24. The molecule has 1 atom stereocenters. The molecule has 1 unspecified atom stereocenters. The Labute approximate surface area is 106 Å². The van der Waals surface area contributed by atoms with E-state index < -0.39 is 6.04 Å². The Bertz CT molecular complexity index is 440. The monoisotopic (exact) mass is 248 g/mol. The smallest absolute Gasteiger partial charge is 0.308 e. The molecule has 0 aromatic heterocycles. The lowest BCUT2D eigenvalue weighted by Crippen LogP contribution is -2.22. The lowest BCUT2D eigenvalue weighted by molar-refractivity contribution is -0.143. The maximum Gasteiger partial charge on any atom is 0.308 e. The first kappa shape index (κ1) is 13.8. The minimum absolute atomic E-state index is 0.0154. The van der Waals surface area contributed by atoms with E-state index in [4.69, 9.17) is 14.7 Å². The molecule has 0 fully saturated rings. The second kappa shape index (κ2) is 7.17. The average molecular weight is 248 g/mol. The summed E-state index contributed by atoms with van der Waals surface area (Å²) in [7, 11) is 1.57. The largest absolute Gasteiger partial charge is 0.497 e. The summed E-state index contributed by atoms with van der Waals surface area (Å²) in [6.45, 7) is 2.05. The van der Waals surface area contributed by atoms with Gasteiger partial charge in [0.25, 0.3) is 0 Å². The van der Waals surface area contributed by atoms with Gasteiger partial charge in [0, 0.05) is 11.8 Å². The van der Waals surface area contributed by atoms with Crippen LogP contribution < -0.4 is 10.1 Å². The van der Waals surface area contributed by atoms with Crippen molar-refractivity contribution in [1.82, 2.24) is 0 Å². The fourth-order valence-electron chi connectivity index (χ4n) is 1.43. The van der Waals surface area contributed by atoms with Crippen molar-refractivity contribution in [1.29, 1.82) is 5.26 Å². The topological polar surface area (TPSA) is 71.4 Å². The maximum atomic E-state index is 11.3. The molecule has 0 saturated heterocycles. The number of nitrogens with one attached hydrogen (secondary N) is 1. The summed E-state index contributed by atoms with van der Waals surface area (Å²) in [5.41, 5.74) is 0.727. The number of nitrogens with zero attached hydrogens (tertiary/aromatic N) is 1. The van der Waals surface area contributed by atoms with Gasteiger partial charge in [-0.25, -0.2) is 0 Å². The van der Waals surface area contributed by atoms with Gasteiger partial charge in [-0.05, 0) is 19.1 Å². The molecule has 1 aromatic rings. The van der Waals surface area contributed by atoms with Crippen molar-refractivity contribution < 1.29 is 14.3 Å². The molecular weight excluding hydrogens is 232 g/mol. The minimum Gasteiger partial charge on any atom is -0.497 e. The standard InChI is InChI=1S/C13H16N2O3/c1-3-18-13(16)8-11(9-14)15-10-5-4-6-12(7-10)17-2/h4-7,11,15H,3,8H2,1-2H3. The molecule has 1 N–H and O–H groups in total. The number of benzene rings is 1. The van der Waals surface area contributed by atoms with Crippen LogP contribution in [-0.4, -0.2) is 25.7 Å². The van der Waals surface area contributed by atoms with Gasteiger partial charge in [-0.1, -0.05) is 6.07 Å². The van der Waals surface area contributed by atoms with Gasteiger partial charge in [0.05, 0.1) is 26.2 Å². The molecule has 0 spiro atoms. The van der Waals surface area contributed by atoms with Crippen molar-refractivity contribution in [2.45, 2.75) is 19.4 Å². The second-order valence-corrected chi connectivity index (χ2v) is 3.57. The van der Waals surface area contributed by atoms with Crippen LogP contribution in [0.5, 0.6) is 5.75 Å². The van der Waals surface area contributed by atoms with Gasteiger partial charge in [0.1, 0.15) is 11.8 Å². The summed E-state index contributed by atoms with van der Waals surface area (Å²) >= 11 is 0. The highest BCUT2D eigenvalue weighted by Crippen LogP contribution is 2.18. The van der Waals surface area contributed by atoms with Crippen LogP contribution in [0.4, 0.5) is 5.69 Å². The van der Waals surface area contributed by atoms with E-state index in [1.54, 1.807) is 38.3 Å². The highest BCUT2D eigenvalue weighted by atomic mass is 16.5. The number of methoxy groups -OCH3 is 1. The number of hydrogen-bond donors (Lipinski definition) is 1. The molecule has 96 valence electrons. The summed E-state index contributed by atoms with van der Waals surface area (Å²) in [6, 6.07) is 8.58. The lowest BCUT2D eigenvalue weighted by Gasteiger charge is -2.12. The third kappa shape index (κ3) is 4.34. The summed E-state index contributed by atoms with van der Waals surface area (Å²) in [5.74, 6) is 0.298. The van der Waals surface area contributed by atoms with Gasteiger partial charge >= 0.3 is 5.97 Å². The van der Waals surface area contributed by atoms with E-state index in [1.165, 1.54) is 0 Å². The zero-order valence-electron chi connectivity index (χ0n) is 10.5. The molecule has 5 heteroatoms. The Kier molecular flexibility index (Phi) is 5.52. The summed E-state index contributed by atoms with van der Waals surface area (Å²) < 4.78 is 9.88. The number of ether oxygens (including phenoxy) is 2. The fraction of sp³-hybridized carbons (Fsp3) is 0.385. The van der Waals surface area contributed by atoms with Crippen LogP contribution in [0.3, 0.4) is 0 Å². The van der Waals surface area contributed by atoms with Crippen LogP contribution in [0.15, 0.2) is 24.3 Å². The summed E-state index contributed by atoms with van der Waals surface area (Å²) in [6.07, 6.45) is 0.0154. The molecule has 0 aliphatic heterocycles. The predicted octanol–water partition coefficient (Wildman–Crippen LogP) is 1.95. The van der Waals surface area contributed by atoms with E-state index in [9.17, 15) is 4.79 Å². The van der Waals surface area contributed by atoms with Crippen molar-refractivity contribution in [2.75, 3.05) is 19.0 Å². The first-order chi connectivity index (χ1) is 8.69. The highest BCUT2D eigenvalue weighted by molar-refractivity contribution is 5.71. The Morgan fingerprint density at radius 1 is 1.56 bits per heavy atom. The van der Waals surface area contributed by atoms with Gasteiger partial charge in [-0.2, -0.15) is 5.26 Å². The molecule has 0 heterocycles. The molecule has 1 aromatic carbocycles.